The summed E-state index contributed by atoms with van der Waals surface area (Å²) in [5, 5.41) is 3.68. The molecule has 128 valence electrons. The van der Waals surface area contributed by atoms with E-state index in [2.05, 4.69) is 5.32 Å². The summed E-state index contributed by atoms with van der Waals surface area (Å²) in [5.41, 5.74) is 6.48. The molecular weight excluding hydrogens is 316 g/mol. The summed E-state index contributed by atoms with van der Waals surface area (Å²) in [5.74, 6) is 0.754. The summed E-state index contributed by atoms with van der Waals surface area (Å²) in [6.45, 7) is 3.65. The van der Waals surface area contributed by atoms with Crippen LogP contribution < -0.4 is 15.8 Å². The molecule has 1 unspecified atom stereocenters. The highest BCUT2D eigenvalue weighted by Gasteiger charge is 2.37. The molecule has 6 heteroatoms. The maximum atomic E-state index is 12.0. The molecule has 1 heterocycles. The van der Waals surface area contributed by atoms with Crippen molar-refractivity contribution in [2.45, 2.75) is 37.6 Å². The van der Waals surface area contributed by atoms with Gasteiger partial charge in [0.15, 0.2) is 0 Å². The smallest absolute Gasteiger partial charge is 0.221 e. The molecule has 0 bridgehead atoms. The van der Waals surface area contributed by atoms with E-state index in [0.29, 0.717) is 31.2 Å². The van der Waals surface area contributed by atoms with Crippen LogP contribution in [0.3, 0.4) is 0 Å². The average molecular weight is 341 g/mol. The molecule has 0 radical (unpaired) electrons. The molecule has 1 aromatic rings. The number of hydrogen-bond acceptors (Lipinski definition) is 4. The third kappa shape index (κ3) is 4.59. The first-order valence-electron chi connectivity index (χ1n) is 7.91. The van der Waals surface area contributed by atoms with Gasteiger partial charge in [0.25, 0.3) is 0 Å². The number of ether oxygens (including phenoxy) is 2. The Labute approximate surface area is 142 Å². The lowest BCUT2D eigenvalue weighted by Crippen LogP contribution is -2.45. The molecule has 1 amide bonds. The second-order valence-electron chi connectivity index (χ2n) is 6.20. The number of rotatable bonds is 6. The minimum atomic E-state index is -0.234. The lowest BCUT2D eigenvalue weighted by molar-refractivity contribution is -0.121. The number of benzene rings is 1. The Hall–Kier alpha value is -1.30. The number of carbonyl (C=O) groups excluding carboxylic acids is 1. The Morgan fingerprint density at radius 2 is 2.17 bits per heavy atom. The molecule has 0 aromatic heterocycles. The molecule has 3 N–H and O–H groups in total. The van der Waals surface area contributed by atoms with E-state index < -0.39 is 0 Å². The second-order valence-corrected chi connectivity index (χ2v) is 6.63. The van der Waals surface area contributed by atoms with Crippen LogP contribution in [-0.4, -0.2) is 38.8 Å². The standard InChI is InChI=1S/C17H25ClN2O3/c1-12(19)9-16(21)20-11-17(5-7-23-8-6-17)14-10-13(18)3-4-15(14)22-2/h3-4,10,12H,5-9,11,19H2,1-2H3,(H,20,21). The SMILES string of the molecule is COc1ccc(Cl)cc1C1(CNC(=O)CC(C)N)CCOCC1. The van der Waals surface area contributed by atoms with Crippen molar-refractivity contribution in [2.24, 2.45) is 5.73 Å². The van der Waals surface area contributed by atoms with Gasteiger partial charge in [0.05, 0.1) is 7.11 Å². The van der Waals surface area contributed by atoms with Crippen LogP contribution in [0.25, 0.3) is 0 Å². The molecule has 0 aliphatic carbocycles. The van der Waals surface area contributed by atoms with E-state index in [1.54, 1.807) is 7.11 Å². The van der Waals surface area contributed by atoms with Crippen molar-refractivity contribution < 1.29 is 14.3 Å². The fourth-order valence-electron chi connectivity index (χ4n) is 3.03. The number of methoxy groups -OCH3 is 1. The molecule has 1 aliphatic heterocycles. The molecule has 2 rings (SSSR count). The molecular formula is C17H25ClN2O3. The van der Waals surface area contributed by atoms with Crippen molar-refractivity contribution in [2.75, 3.05) is 26.9 Å². The van der Waals surface area contributed by atoms with E-state index in [9.17, 15) is 4.79 Å². The summed E-state index contributed by atoms with van der Waals surface area (Å²) in [6, 6.07) is 5.47. The highest BCUT2D eigenvalue weighted by atomic mass is 35.5. The fraction of sp³-hybridized carbons (Fsp3) is 0.588. The highest BCUT2D eigenvalue weighted by molar-refractivity contribution is 6.30. The van der Waals surface area contributed by atoms with E-state index in [1.807, 2.05) is 25.1 Å². The van der Waals surface area contributed by atoms with Gasteiger partial charge < -0.3 is 20.5 Å². The van der Waals surface area contributed by atoms with Crippen molar-refractivity contribution >= 4 is 17.5 Å². The molecule has 23 heavy (non-hydrogen) atoms. The van der Waals surface area contributed by atoms with Crippen LogP contribution in [0.1, 0.15) is 31.7 Å². The van der Waals surface area contributed by atoms with Crippen molar-refractivity contribution in [3.63, 3.8) is 0 Å². The summed E-state index contributed by atoms with van der Waals surface area (Å²) >= 11 is 6.20. The maximum absolute atomic E-state index is 12.0. The van der Waals surface area contributed by atoms with E-state index >= 15 is 0 Å². The number of nitrogens with one attached hydrogen (secondary N) is 1. The summed E-state index contributed by atoms with van der Waals surface area (Å²) in [4.78, 5) is 12.0. The van der Waals surface area contributed by atoms with Crippen molar-refractivity contribution in [3.05, 3.63) is 28.8 Å². The van der Waals surface area contributed by atoms with Gasteiger partial charge in [-0.15, -0.1) is 0 Å². The zero-order valence-electron chi connectivity index (χ0n) is 13.7. The van der Waals surface area contributed by atoms with Crippen LogP contribution >= 0.6 is 11.6 Å². The third-order valence-electron chi connectivity index (χ3n) is 4.31. The molecule has 1 fully saturated rings. The molecule has 1 aromatic carbocycles. The van der Waals surface area contributed by atoms with Gasteiger partial charge in [-0.25, -0.2) is 0 Å². The topological polar surface area (TPSA) is 73.6 Å². The summed E-state index contributed by atoms with van der Waals surface area (Å²) in [6.07, 6.45) is 1.93. The minimum Gasteiger partial charge on any atom is -0.496 e. The van der Waals surface area contributed by atoms with Gasteiger partial charge in [-0.3, -0.25) is 4.79 Å². The van der Waals surface area contributed by atoms with E-state index in [4.69, 9.17) is 26.8 Å². The first-order chi connectivity index (χ1) is 11.0. The van der Waals surface area contributed by atoms with Crippen LogP contribution in [-0.2, 0) is 14.9 Å². The molecule has 0 spiro atoms. The molecule has 1 aliphatic rings. The van der Waals surface area contributed by atoms with E-state index in [1.165, 1.54) is 0 Å². The number of nitrogens with two attached hydrogens (primary N) is 1. The summed E-state index contributed by atoms with van der Waals surface area (Å²) in [7, 11) is 1.65. The fourth-order valence-corrected chi connectivity index (χ4v) is 3.20. The van der Waals surface area contributed by atoms with E-state index in [-0.39, 0.29) is 17.4 Å². The Bertz CT molecular complexity index is 543. The van der Waals surface area contributed by atoms with Crippen molar-refractivity contribution in [1.82, 2.24) is 5.32 Å². The van der Waals surface area contributed by atoms with Gasteiger partial charge in [0.2, 0.25) is 5.91 Å². The zero-order chi connectivity index (χ0) is 16.9. The molecule has 1 atom stereocenters. The Morgan fingerprint density at radius 3 is 2.78 bits per heavy atom. The summed E-state index contributed by atoms with van der Waals surface area (Å²) < 4.78 is 11.0. The van der Waals surface area contributed by atoms with Gasteiger partial charge in [0, 0.05) is 48.2 Å². The minimum absolute atomic E-state index is 0.0353. The lowest BCUT2D eigenvalue weighted by Gasteiger charge is -2.38. The van der Waals surface area contributed by atoms with Gasteiger partial charge in [0.1, 0.15) is 5.75 Å². The largest absolute Gasteiger partial charge is 0.496 e. The lowest BCUT2D eigenvalue weighted by atomic mass is 9.73. The molecule has 0 saturated carbocycles. The van der Waals surface area contributed by atoms with Crippen LogP contribution in [0.5, 0.6) is 5.75 Å². The first-order valence-corrected chi connectivity index (χ1v) is 8.29. The van der Waals surface area contributed by atoms with Crippen LogP contribution in [0.15, 0.2) is 18.2 Å². The van der Waals surface area contributed by atoms with Crippen LogP contribution in [0.4, 0.5) is 0 Å². The van der Waals surface area contributed by atoms with Gasteiger partial charge >= 0.3 is 0 Å². The average Bonchev–Trinajstić information content (AvgIpc) is 2.53. The predicted molar refractivity (Wildman–Crippen MR) is 91.0 cm³/mol. The Kier molecular flexibility index (Phi) is 6.27. The second kappa shape index (κ2) is 7.99. The number of carbonyl (C=O) groups is 1. The van der Waals surface area contributed by atoms with Gasteiger partial charge in [-0.2, -0.15) is 0 Å². The first kappa shape index (κ1) is 18.0. The van der Waals surface area contributed by atoms with E-state index in [0.717, 1.165) is 24.2 Å². The predicted octanol–water partition coefficient (Wildman–Crippen LogP) is 2.25. The Morgan fingerprint density at radius 1 is 1.48 bits per heavy atom. The highest BCUT2D eigenvalue weighted by Crippen LogP contribution is 2.40. The van der Waals surface area contributed by atoms with Crippen LogP contribution in [0.2, 0.25) is 5.02 Å². The van der Waals surface area contributed by atoms with Crippen molar-refractivity contribution in [1.29, 1.82) is 0 Å². The van der Waals surface area contributed by atoms with Gasteiger partial charge in [-0.1, -0.05) is 11.6 Å². The Balaban J connectivity index is 2.25. The number of halogens is 1. The number of amides is 1. The van der Waals surface area contributed by atoms with Crippen molar-refractivity contribution in [3.8, 4) is 5.75 Å². The maximum Gasteiger partial charge on any atom is 0.221 e. The quantitative estimate of drug-likeness (QED) is 0.833. The number of hydrogen-bond donors (Lipinski definition) is 2. The van der Waals surface area contributed by atoms with Crippen LogP contribution in [0, 0.1) is 0 Å². The molecule has 1 saturated heterocycles. The zero-order valence-corrected chi connectivity index (χ0v) is 14.5. The molecule has 5 nitrogen and oxygen atoms in total. The third-order valence-corrected chi connectivity index (χ3v) is 4.55. The monoisotopic (exact) mass is 340 g/mol. The van der Waals surface area contributed by atoms with Gasteiger partial charge in [-0.05, 0) is 38.0 Å². The normalized spacial score (nSPS) is 18.3.